The molecule has 0 heterocycles. The molecule has 0 N–H and O–H groups in total. The van der Waals surface area contributed by atoms with Crippen LogP contribution in [0.25, 0.3) is 0 Å². The van der Waals surface area contributed by atoms with Gasteiger partial charge in [-0.1, -0.05) is 29.3 Å². The second kappa shape index (κ2) is 7.95. The number of nitrogens with zero attached hydrogens (tertiary/aromatic N) is 1. The Morgan fingerprint density at radius 1 is 1.48 bits per heavy atom. The van der Waals surface area contributed by atoms with Crippen molar-refractivity contribution < 1.29 is 18.1 Å². The van der Waals surface area contributed by atoms with E-state index in [0.29, 0.717) is 10.9 Å². The molecule has 0 aliphatic carbocycles. The third-order valence-corrected chi connectivity index (χ3v) is 4.46. The lowest BCUT2D eigenvalue weighted by Crippen LogP contribution is -2.20. The molecule has 118 valence electrons. The largest absolute Gasteiger partial charge is 0.486 e. The summed E-state index contributed by atoms with van der Waals surface area (Å²) in [6.45, 7) is 1.97. The first-order chi connectivity index (χ1) is 9.73. The highest BCUT2D eigenvalue weighted by molar-refractivity contribution is 9.10. The van der Waals surface area contributed by atoms with E-state index in [1.807, 2.05) is 6.92 Å². The second-order valence-electron chi connectivity index (χ2n) is 4.54. The van der Waals surface area contributed by atoms with E-state index in [0.717, 1.165) is 6.42 Å². The fraction of sp³-hybridized carbons (Fsp3) is 0.500. The van der Waals surface area contributed by atoms with Crippen LogP contribution in [-0.4, -0.2) is 25.7 Å². The van der Waals surface area contributed by atoms with Crippen molar-refractivity contribution in [2.45, 2.75) is 19.8 Å². The second-order valence-corrected chi connectivity index (χ2v) is 8.28. The van der Waals surface area contributed by atoms with Crippen LogP contribution in [0.15, 0.2) is 22.7 Å². The predicted octanol–water partition coefficient (Wildman–Crippen LogP) is 3.72. The van der Waals surface area contributed by atoms with Gasteiger partial charge in [0.15, 0.2) is 5.75 Å². The van der Waals surface area contributed by atoms with E-state index >= 15 is 0 Å². The Morgan fingerprint density at radius 3 is 2.67 bits per heavy atom. The smallest absolute Gasteiger partial charge is 0.312 e. The van der Waals surface area contributed by atoms with E-state index in [-0.39, 0.29) is 29.7 Å². The fourth-order valence-electron chi connectivity index (χ4n) is 1.87. The number of halogens is 2. The van der Waals surface area contributed by atoms with E-state index in [9.17, 15) is 18.5 Å². The number of ether oxygens (including phenoxy) is 1. The van der Waals surface area contributed by atoms with Gasteiger partial charge in [-0.2, -0.15) is 0 Å². The molecule has 6 nitrogen and oxygen atoms in total. The standard InChI is InChI=1S/C12H15BrClNO5S/c1-2-3-9(8-21(14,18)19)7-20-12-5-4-10(13)6-11(12)15(16)17/h4-6,9H,2-3,7-8H2,1H3. The zero-order chi connectivity index (χ0) is 16.0. The number of hydrogen-bond donors (Lipinski definition) is 0. The molecule has 1 rings (SSSR count). The van der Waals surface area contributed by atoms with Gasteiger partial charge in [0.1, 0.15) is 0 Å². The van der Waals surface area contributed by atoms with E-state index < -0.39 is 14.0 Å². The molecule has 0 saturated heterocycles. The zero-order valence-corrected chi connectivity index (χ0v) is 14.4. The van der Waals surface area contributed by atoms with Crippen molar-refractivity contribution >= 4 is 41.4 Å². The third kappa shape index (κ3) is 6.62. The first-order valence-electron chi connectivity index (χ1n) is 6.22. The lowest BCUT2D eigenvalue weighted by molar-refractivity contribution is -0.386. The van der Waals surface area contributed by atoms with Crippen LogP contribution in [0.4, 0.5) is 5.69 Å². The normalized spacial score (nSPS) is 12.9. The van der Waals surface area contributed by atoms with Gasteiger partial charge in [-0.05, 0) is 18.6 Å². The SMILES string of the molecule is CCCC(COc1ccc(Br)cc1[N+](=O)[O-])CS(=O)(=O)Cl. The van der Waals surface area contributed by atoms with Gasteiger partial charge in [-0.15, -0.1) is 0 Å². The molecular formula is C12H15BrClNO5S. The molecule has 21 heavy (non-hydrogen) atoms. The molecule has 9 heteroatoms. The monoisotopic (exact) mass is 399 g/mol. The summed E-state index contributed by atoms with van der Waals surface area (Å²) in [5.41, 5.74) is -0.173. The molecule has 0 saturated carbocycles. The summed E-state index contributed by atoms with van der Waals surface area (Å²) in [6.07, 6.45) is 1.37. The maximum absolute atomic E-state index is 11.1. The molecular weight excluding hydrogens is 386 g/mol. The molecule has 0 spiro atoms. The summed E-state index contributed by atoms with van der Waals surface area (Å²) in [5, 5.41) is 11.0. The maximum atomic E-state index is 11.1. The number of nitro benzene ring substituents is 1. The topological polar surface area (TPSA) is 86.5 Å². The molecule has 1 aromatic carbocycles. The van der Waals surface area contributed by atoms with E-state index in [1.54, 1.807) is 6.07 Å². The lowest BCUT2D eigenvalue weighted by atomic mass is 10.1. The number of benzene rings is 1. The van der Waals surface area contributed by atoms with Crippen LogP contribution in [0, 0.1) is 16.0 Å². The highest BCUT2D eigenvalue weighted by Crippen LogP contribution is 2.30. The molecule has 1 unspecified atom stereocenters. The molecule has 0 fully saturated rings. The number of nitro groups is 1. The van der Waals surface area contributed by atoms with Gasteiger partial charge in [0, 0.05) is 27.1 Å². The van der Waals surface area contributed by atoms with Crippen LogP contribution in [-0.2, 0) is 9.05 Å². The van der Waals surface area contributed by atoms with Crippen molar-refractivity contribution in [2.24, 2.45) is 5.92 Å². The van der Waals surface area contributed by atoms with Crippen molar-refractivity contribution in [2.75, 3.05) is 12.4 Å². The lowest BCUT2D eigenvalue weighted by Gasteiger charge is -2.15. The summed E-state index contributed by atoms with van der Waals surface area (Å²) < 4.78 is 28.3. The molecule has 0 bridgehead atoms. The van der Waals surface area contributed by atoms with Gasteiger partial charge in [0.2, 0.25) is 9.05 Å². The Balaban J connectivity index is 2.82. The van der Waals surface area contributed by atoms with Crippen LogP contribution in [0.3, 0.4) is 0 Å². The minimum atomic E-state index is -3.63. The Hall–Kier alpha value is -0.860. The minimum Gasteiger partial charge on any atom is -0.486 e. The molecule has 1 atom stereocenters. The number of hydrogen-bond acceptors (Lipinski definition) is 5. The molecule has 0 aliphatic rings. The zero-order valence-electron chi connectivity index (χ0n) is 11.3. The minimum absolute atomic E-state index is 0.0578. The van der Waals surface area contributed by atoms with Gasteiger partial charge < -0.3 is 4.74 Å². The van der Waals surface area contributed by atoms with Gasteiger partial charge >= 0.3 is 5.69 Å². The molecule has 0 amide bonds. The van der Waals surface area contributed by atoms with Crippen LogP contribution in [0.5, 0.6) is 5.75 Å². The average Bonchev–Trinajstić information content (AvgIpc) is 2.35. The van der Waals surface area contributed by atoms with Crippen LogP contribution >= 0.6 is 26.6 Å². The van der Waals surface area contributed by atoms with E-state index in [2.05, 4.69) is 15.9 Å². The summed E-state index contributed by atoms with van der Waals surface area (Å²) >= 11 is 3.15. The van der Waals surface area contributed by atoms with Gasteiger partial charge in [-0.25, -0.2) is 8.42 Å². The Bertz CT molecular complexity index is 608. The van der Waals surface area contributed by atoms with Gasteiger partial charge in [0.05, 0.1) is 17.3 Å². The van der Waals surface area contributed by atoms with E-state index in [4.69, 9.17) is 15.4 Å². The number of rotatable bonds is 8. The van der Waals surface area contributed by atoms with Crippen LogP contribution in [0.1, 0.15) is 19.8 Å². The van der Waals surface area contributed by atoms with Crippen molar-refractivity contribution in [1.29, 1.82) is 0 Å². The van der Waals surface area contributed by atoms with E-state index in [1.165, 1.54) is 12.1 Å². The average molecular weight is 401 g/mol. The highest BCUT2D eigenvalue weighted by atomic mass is 79.9. The van der Waals surface area contributed by atoms with Gasteiger partial charge in [-0.3, -0.25) is 10.1 Å². The highest BCUT2D eigenvalue weighted by Gasteiger charge is 2.20. The Morgan fingerprint density at radius 2 is 2.14 bits per heavy atom. The molecule has 0 aromatic heterocycles. The summed E-state index contributed by atoms with van der Waals surface area (Å²) in [6, 6.07) is 4.43. The summed E-state index contributed by atoms with van der Waals surface area (Å²) in [5.74, 6) is -0.413. The third-order valence-electron chi connectivity index (χ3n) is 2.72. The van der Waals surface area contributed by atoms with Crippen LogP contribution in [0.2, 0.25) is 0 Å². The molecule has 0 radical (unpaired) electrons. The molecule has 0 aliphatic heterocycles. The fourth-order valence-corrected chi connectivity index (χ4v) is 3.58. The Labute approximate surface area is 136 Å². The van der Waals surface area contributed by atoms with Crippen LogP contribution < -0.4 is 4.74 Å². The van der Waals surface area contributed by atoms with Crippen molar-refractivity contribution in [3.05, 3.63) is 32.8 Å². The summed E-state index contributed by atoms with van der Waals surface area (Å²) in [7, 11) is 1.62. The maximum Gasteiger partial charge on any atom is 0.312 e. The predicted molar refractivity (Wildman–Crippen MR) is 84.3 cm³/mol. The van der Waals surface area contributed by atoms with Crippen molar-refractivity contribution in [3.63, 3.8) is 0 Å². The first-order valence-corrected chi connectivity index (χ1v) is 9.49. The first kappa shape index (κ1) is 18.2. The van der Waals surface area contributed by atoms with Gasteiger partial charge in [0.25, 0.3) is 0 Å². The molecule has 1 aromatic rings. The van der Waals surface area contributed by atoms with Crippen molar-refractivity contribution in [1.82, 2.24) is 0 Å². The summed E-state index contributed by atoms with van der Waals surface area (Å²) in [4.78, 5) is 10.4. The Kier molecular flexibility index (Phi) is 6.89. The quantitative estimate of drug-likeness (QED) is 0.377. The van der Waals surface area contributed by atoms with Crippen molar-refractivity contribution in [3.8, 4) is 5.75 Å².